The molecule has 1 heterocycles. The van der Waals surface area contributed by atoms with Crippen LogP contribution in [0.1, 0.15) is 16.8 Å². The van der Waals surface area contributed by atoms with E-state index in [1.807, 2.05) is 0 Å². The average molecular weight is 248 g/mol. The Kier molecular flexibility index (Phi) is 3.27. The highest BCUT2D eigenvalue weighted by molar-refractivity contribution is 5.92. The number of benzene rings is 1. The monoisotopic (exact) mass is 248 g/mol. The normalized spacial score (nSPS) is 10.5. The van der Waals surface area contributed by atoms with E-state index in [0.29, 0.717) is 17.6 Å². The fraction of sp³-hybridized carbons (Fsp3) is 0.250. The maximum atomic E-state index is 11.1. The van der Waals surface area contributed by atoms with Crippen LogP contribution in [0.4, 0.5) is 0 Å². The summed E-state index contributed by atoms with van der Waals surface area (Å²) >= 11 is 0. The van der Waals surface area contributed by atoms with Crippen LogP contribution in [0.15, 0.2) is 24.5 Å². The summed E-state index contributed by atoms with van der Waals surface area (Å²) in [5.41, 5.74) is 1.59. The van der Waals surface area contributed by atoms with Crippen LogP contribution in [0, 0.1) is 0 Å². The number of aryl methyl sites for hydroxylation is 1. The van der Waals surface area contributed by atoms with Crippen LogP contribution in [0.3, 0.4) is 0 Å². The van der Waals surface area contributed by atoms with Gasteiger partial charge in [-0.2, -0.15) is 0 Å². The zero-order valence-electron chi connectivity index (χ0n) is 9.79. The van der Waals surface area contributed by atoms with E-state index in [9.17, 15) is 9.59 Å². The van der Waals surface area contributed by atoms with Gasteiger partial charge in [0.1, 0.15) is 0 Å². The molecular weight excluding hydrogens is 236 g/mol. The molecule has 1 aromatic heterocycles. The van der Waals surface area contributed by atoms with Crippen molar-refractivity contribution in [3.05, 3.63) is 30.1 Å². The Labute approximate surface area is 103 Å². The second-order valence-corrected chi connectivity index (χ2v) is 3.77. The van der Waals surface area contributed by atoms with E-state index in [4.69, 9.17) is 5.11 Å². The second-order valence-electron chi connectivity index (χ2n) is 3.77. The van der Waals surface area contributed by atoms with E-state index >= 15 is 0 Å². The number of esters is 1. The van der Waals surface area contributed by atoms with Crippen molar-refractivity contribution in [3.8, 4) is 0 Å². The van der Waals surface area contributed by atoms with Gasteiger partial charge < -0.3 is 14.4 Å². The van der Waals surface area contributed by atoms with Gasteiger partial charge >= 0.3 is 11.9 Å². The molecule has 0 aliphatic rings. The second kappa shape index (κ2) is 4.87. The van der Waals surface area contributed by atoms with Crippen molar-refractivity contribution in [2.24, 2.45) is 0 Å². The third kappa shape index (κ3) is 2.32. The molecular formula is C12H12N2O4. The summed E-state index contributed by atoms with van der Waals surface area (Å²) in [5.74, 6) is -1.30. The van der Waals surface area contributed by atoms with Crippen molar-refractivity contribution in [2.75, 3.05) is 7.11 Å². The molecule has 0 aliphatic carbocycles. The predicted molar refractivity (Wildman–Crippen MR) is 63.3 cm³/mol. The van der Waals surface area contributed by atoms with E-state index in [1.54, 1.807) is 23.0 Å². The molecule has 6 heteroatoms. The van der Waals surface area contributed by atoms with Gasteiger partial charge in [0, 0.05) is 6.54 Å². The summed E-state index contributed by atoms with van der Waals surface area (Å²) in [6.07, 6.45) is 1.80. The van der Waals surface area contributed by atoms with Crippen molar-refractivity contribution in [2.45, 2.75) is 13.0 Å². The average Bonchev–Trinajstić information content (AvgIpc) is 2.78. The van der Waals surface area contributed by atoms with Crippen molar-refractivity contribution in [3.63, 3.8) is 0 Å². The van der Waals surface area contributed by atoms with Crippen LogP contribution in [0.5, 0.6) is 0 Å². The molecule has 0 amide bonds. The minimum Gasteiger partial charge on any atom is -0.478 e. The Morgan fingerprint density at radius 1 is 1.44 bits per heavy atom. The molecule has 94 valence electrons. The number of rotatable bonds is 4. The minimum absolute atomic E-state index is 0.197. The standard InChI is InChI=1S/C12H12N2O4/c1-18-11(15)4-5-14-7-13-9-3-2-8(12(16)17)6-10(9)14/h2-3,6-7H,4-5H2,1H3,(H,16,17). The van der Waals surface area contributed by atoms with E-state index in [-0.39, 0.29) is 18.0 Å². The third-order valence-corrected chi connectivity index (χ3v) is 2.65. The van der Waals surface area contributed by atoms with E-state index in [2.05, 4.69) is 9.72 Å². The molecule has 0 aliphatic heterocycles. The first-order chi connectivity index (χ1) is 8.61. The SMILES string of the molecule is COC(=O)CCn1cnc2ccc(C(=O)O)cc21. The van der Waals surface area contributed by atoms with Gasteiger partial charge in [-0.3, -0.25) is 4.79 Å². The molecule has 0 saturated heterocycles. The van der Waals surface area contributed by atoms with Gasteiger partial charge in [0.25, 0.3) is 0 Å². The van der Waals surface area contributed by atoms with Crippen LogP contribution in [0.25, 0.3) is 11.0 Å². The molecule has 0 fully saturated rings. The van der Waals surface area contributed by atoms with Crippen molar-refractivity contribution in [1.82, 2.24) is 9.55 Å². The number of hydrogen-bond donors (Lipinski definition) is 1. The number of carboxylic acids is 1. The van der Waals surface area contributed by atoms with Gasteiger partial charge in [0.15, 0.2) is 0 Å². The molecule has 0 unspecified atom stereocenters. The quantitative estimate of drug-likeness (QED) is 0.825. The first-order valence-corrected chi connectivity index (χ1v) is 5.37. The summed E-state index contributed by atoms with van der Waals surface area (Å²) in [6, 6.07) is 4.69. The number of ether oxygens (including phenoxy) is 1. The summed E-state index contributed by atoms with van der Waals surface area (Å²) in [7, 11) is 1.33. The van der Waals surface area contributed by atoms with Crippen molar-refractivity contribution >= 4 is 23.0 Å². The molecule has 6 nitrogen and oxygen atoms in total. The van der Waals surface area contributed by atoms with Crippen LogP contribution < -0.4 is 0 Å². The highest BCUT2D eigenvalue weighted by atomic mass is 16.5. The number of carboxylic acid groups (broad SMARTS) is 1. The molecule has 0 spiro atoms. The number of imidazole rings is 1. The number of carbonyl (C=O) groups excluding carboxylic acids is 1. The molecule has 0 bridgehead atoms. The Morgan fingerprint density at radius 3 is 2.89 bits per heavy atom. The number of hydrogen-bond acceptors (Lipinski definition) is 4. The van der Waals surface area contributed by atoms with Gasteiger partial charge in [0.05, 0.1) is 36.5 Å². The number of aromatic carboxylic acids is 1. The summed E-state index contributed by atoms with van der Waals surface area (Å²) in [6.45, 7) is 0.409. The molecule has 1 N–H and O–H groups in total. The van der Waals surface area contributed by atoms with Crippen LogP contribution in [0.2, 0.25) is 0 Å². The summed E-state index contributed by atoms with van der Waals surface area (Å²) in [4.78, 5) is 26.1. The smallest absolute Gasteiger partial charge is 0.335 e. The zero-order valence-corrected chi connectivity index (χ0v) is 9.79. The van der Waals surface area contributed by atoms with E-state index in [1.165, 1.54) is 13.2 Å². The molecule has 2 rings (SSSR count). The Hall–Kier alpha value is -2.37. The summed E-state index contributed by atoms with van der Waals surface area (Å²) < 4.78 is 6.29. The summed E-state index contributed by atoms with van der Waals surface area (Å²) in [5, 5.41) is 8.93. The van der Waals surface area contributed by atoms with Gasteiger partial charge in [-0.15, -0.1) is 0 Å². The van der Waals surface area contributed by atoms with Gasteiger partial charge in [0.2, 0.25) is 0 Å². The molecule has 1 aromatic carbocycles. The lowest BCUT2D eigenvalue weighted by molar-refractivity contribution is -0.140. The highest BCUT2D eigenvalue weighted by Crippen LogP contribution is 2.15. The molecule has 0 saturated carbocycles. The van der Waals surface area contributed by atoms with Crippen molar-refractivity contribution < 1.29 is 19.4 Å². The van der Waals surface area contributed by atoms with Crippen LogP contribution >= 0.6 is 0 Å². The highest BCUT2D eigenvalue weighted by Gasteiger charge is 2.09. The lowest BCUT2D eigenvalue weighted by Gasteiger charge is -2.03. The van der Waals surface area contributed by atoms with E-state index < -0.39 is 5.97 Å². The topological polar surface area (TPSA) is 81.4 Å². The Morgan fingerprint density at radius 2 is 2.22 bits per heavy atom. The van der Waals surface area contributed by atoms with E-state index in [0.717, 1.165) is 0 Å². The maximum absolute atomic E-state index is 11.1. The van der Waals surface area contributed by atoms with Crippen molar-refractivity contribution in [1.29, 1.82) is 0 Å². The first-order valence-electron chi connectivity index (χ1n) is 5.37. The number of carbonyl (C=O) groups is 2. The maximum Gasteiger partial charge on any atom is 0.335 e. The lowest BCUT2D eigenvalue weighted by Crippen LogP contribution is -2.06. The fourth-order valence-electron chi connectivity index (χ4n) is 1.68. The fourth-order valence-corrected chi connectivity index (χ4v) is 1.68. The van der Waals surface area contributed by atoms with Gasteiger partial charge in [-0.25, -0.2) is 9.78 Å². The van der Waals surface area contributed by atoms with Gasteiger partial charge in [-0.05, 0) is 18.2 Å². The lowest BCUT2D eigenvalue weighted by atomic mass is 10.2. The number of fused-ring (bicyclic) bond motifs is 1. The molecule has 18 heavy (non-hydrogen) atoms. The Balaban J connectivity index is 2.30. The van der Waals surface area contributed by atoms with Gasteiger partial charge in [-0.1, -0.05) is 0 Å². The van der Waals surface area contributed by atoms with Crippen LogP contribution in [-0.4, -0.2) is 33.7 Å². The molecule has 2 aromatic rings. The first kappa shape index (κ1) is 12.1. The largest absolute Gasteiger partial charge is 0.478 e. The van der Waals surface area contributed by atoms with Crippen LogP contribution in [-0.2, 0) is 16.1 Å². The predicted octanol–water partition coefficient (Wildman–Crippen LogP) is 1.30. The number of aromatic nitrogens is 2. The third-order valence-electron chi connectivity index (χ3n) is 2.65. The minimum atomic E-state index is -0.988. The molecule has 0 atom stereocenters. The number of methoxy groups -OCH3 is 1. The zero-order chi connectivity index (χ0) is 13.1. The molecule has 0 radical (unpaired) electrons. The number of nitrogens with zero attached hydrogens (tertiary/aromatic N) is 2. The Bertz CT molecular complexity index is 603.